The Balaban J connectivity index is 1.48. The highest BCUT2D eigenvalue weighted by molar-refractivity contribution is 5.97. The summed E-state index contributed by atoms with van der Waals surface area (Å²) in [4.78, 5) is 12.7. The third-order valence-electron chi connectivity index (χ3n) is 6.00. The first kappa shape index (κ1) is 19.6. The number of rotatable bonds is 4. The first-order valence-corrected chi connectivity index (χ1v) is 10.8. The summed E-state index contributed by atoms with van der Waals surface area (Å²) in [6.45, 7) is 1.86. The Hall–Kier alpha value is -4.04. The molecule has 0 radical (unpaired) electrons. The van der Waals surface area contributed by atoms with Crippen molar-refractivity contribution in [2.45, 2.75) is 6.42 Å². The number of benzene rings is 2. The summed E-state index contributed by atoms with van der Waals surface area (Å²) in [7, 11) is 1.51. The number of methoxy groups -OCH3 is 1. The zero-order chi connectivity index (χ0) is 22.4. The van der Waals surface area contributed by atoms with E-state index in [4.69, 9.17) is 9.72 Å². The molecule has 6 rings (SSSR count). The second-order valence-corrected chi connectivity index (χ2v) is 8.04. The molecule has 0 amide bonds. The fraction of sp³-hybridized carbons (Fsp3) is 0.160. The normalized spacial score (nSPS) is 14.1. The number of fused-ring (bicyclic) bond motifs is 2. The van der Waals surface area contributed by atoms with Gasteiger partial charge < -0.3 is 15.0 Å². The van der Waals surface area contributed by atoms with E-state index in [1.54, 1.807) is 12.3 Å². The van der Waals surface area contributed by atoms with E-state index in [0.29, 0.717) is 28.3 Å². The lowest BCUT2D eigenvalue weighted by molar-refractivity contribution is 0.411. The molecule has 0 fully saturated rings. The average molecular weight is 440 g/mol. The van der Waals surface area contributed by atoms with Gasteiger partial charge in [0.25, 0.3) is 0 Å². The Bertz CT molecular complexity index is 1530. The van der Waals surface area contributed by atoms with Crippen molar-refractivity contribution in [2.24, 2.45) is 0 Å². The fourth-order valence-corrected chi connectivity index (χ4v) is 4.36. The number of nitrogens with one attached hydrogen (secondary N) is 3. The summed E-state index contributed by atoms with van der Waals surface area (Å²) in [6, 6.07) is 12.7. The molecule has 8 heteroatoms. The molecule has 164 valence electrons. The number of H-pyrrole nitrogens is 2. The Morgan fingerprint density at radius 1 is 1.00 bits per heavy atom. The van der Waals surface area contributed by atoms with Gasteiger partial charge in [-0.2, -0.15) is 5.10 Å². The van der Waals surface area contributed by atoms with Gasteiger partial charge in [0.2, 0.25) is 0 Å². The summed E-state index contributed by atoms with van der Waals surface area (Å²) in [5.74, 6) is 0.667. The van der Waals surface area contributed by atoms with Crippen molar-refractivity contribution in [3.63, 3.8) is 0 Å². The molecule has 1 aliphatic rings. The molecule has 0 bridgehead atoms. The third-order valence-corrected chi connectivity index (χ3v) is 6.00. The van der Waals surface area contributed by atoms with Gasteiger partial charge in [0.15, 0.2) is 5.82 Å². The van der Waals surface area contributed by atoms with E-state index in [9.17, 15) is 4.39 Å². The molecule has 0 unspecified atom stereocenters. The van der Waals surface area contributed by atoms with Crippen molar-refractivity contribution in [2.75, 3.05) is 20.2 Å². The van der Waals surface area contributed by atoms with Crippen molar-refractivity contribution in [1.82, 2.24) is 30.5 Å². The van der Waals surface area contributed by atoms with E-state index in [1.807, 2.05) is 6.07 Å². The van der Waals surface area contributed by atoms with Crippen molar-refractivity contribution >= 4 is 27.5 Å². The minimum atomic E-state index is -0.392. The molecule has 1 aliphatic heterocycles. The summed E-state index contributed by atoms with van der Waals surface area (Å²) in [5.41, 5.74) is 6.82. The molecular formula is C25H21FN6O. The first-order chi connectivity index (χ1) is 16.2. The molecule has 0 saturated heterocycles. The highest BCUT2D eigenvalue weighted by atomic mass is 19.1. The van der Waals surface area contributed by atoms with Gasteiger partial charge in [-0.15, -0.1) is 0 Å². The van der Waals surface area contributed by atoms with E-state index in [1.165, 1.54) is 30.4 Å². The van der Waals surface area contributed by atoms with Crippen LogP contribution in [0.4, 0.5) is 4.39 Å². The molecule has 5 aromatic rings. The van der Waals surface area contributed by atoms with E-state index < -0.39 is 5.82 Å². The zero-order valence-electron chi connectivity index (χ0n) is 17.9. The van der Waals surface area contributed by atoms with E-state index in [0.717, 1.165) is 41.6 Å². The Labute approximate surface area is 188 Å². The number of nitrogens with zero attached hydrogens (tertiary/aromatic N) is 3. The molecule has 0 saturated carbocycles. The maximum absolute atomic E-state index is 14.1. The number of aromatic amines is 2. The van der Waals surface area contributed by atoms with Crippen LogP contribution < -0.4 is 10.1 Å². The minimum absolute atomic E-state index is 0.392. The standard InChI is InChI=1S/C25H21FN6O/c1-33-18-11-16(10-17(26)13-18)22-24-21(6-9-28-22)29-25(30-24)23-19-12-15(2-3-20(19)31-32-23)14-4-7-27-8-5-14/h2-4,6,9-13,27H,5,7-8H2,1H3,(H,29,30)(H,31,32). The summed E-state index contributed by atoms with van der Waals surface area (Å²) in [5, 5.41) is 12.0. The van der Waals surface area contributed by atoms with Crippen LogP contribution in [0.25, 0.3) is 50.3 Å². The number of halogens is 1. The lowest BCUT2D eigenvalue weighted by atomic mass is 9.98. The van der Waals surface area contributed by atoms with Crippen molar-refractivity contribution in [3.05, 3.63) is 66.1 Å². The lowest BCUT2D eigenvalue weighted by Crippen LogP contribution is -2.19. The number of pyridine rings is 1. The van der Waals surface area contributed by atoms with E-state index in [2.05, 4.69) is 49.8 Å². The molecule has 4 heterocycles. The Morgan fingerprint density at radius 3 is 2.79 bits per heavy atom. The van der Waals surface area contributed by atoms with Gasteiger partial charge in [0, 0.05) is 29.8 Å². The molecule has 0 atom stereocenters. The largest absolute Gasteiger partial charge is 0.497 e. The predicted octanol–water partition coefficient (Wildman–Crippen LogP) is 4.69. The maximum Gasteiger partial charge on any atom is 0.159 e. The maximum atomic E-state index is 14.1. The number of imidazole rings is 1. The number of hydrogen-bond acceptors (Lipinski definition) is 5. The van der Waals surface area contributed by atoms with Crippen LogP contribution in [-0.4, -0.2) is 45.3 Å². The van der Waals surface area contributed by atoms with Gasteiger partial charge in [-0.1, -0.05) is 12.1 Å². The van der Waals surface area contributed by atoms with Gasteiger partial charge in [-0.05, 0) is 54.4 Å². The fourth-order valence-electron chi connectivity index (χ4n) is 4.36. The van der Waals surface area contributed by atoms with E-state index in [-0.39, 0.29) is 0 Å². The topological polar surface area (TPSA) is 91.5 Å². The minimum Gasteiger partial charge on any atom is -0.497 e. The molecule has 33 heavy (non-hydrogen) atoms. The summed E-state index contributed by atoms with van der Waals surface area (Å²) < 4.78 is 19.4. The third kappa shape index (κ3) is 3.44. The van der Waals surface area contributed by atoms with Crippen LogP contribution >= 0.6 is 0 Å². The van der Waals surface area contributed by atoms with Crippen LogP contribution in [-0.2, 0) is 0 Å². The number of aromatic nitrogens is 5. The van der Waals surface area contributed by atoms with Crippen molar-refractivity contribution in [1.29, 1.82) is 0 Å². The zero-order valence-corrected chi connectivity index (χ0v) is 17.9. The summed E-state index contributed by atoms with van der Waals surface area (Å²) in [6.07, 6.45) is 4.91. The van der Waals surface area contributed by atoms with Crippen LogP contribution in [0.5, 0.6) is 5.75 Å². The van der Waals surface area contributed by atoms with Gasteiger partial charge in [0.1, 0.15) is 22.8 Å². The number of ether oxygens (including phenoxy) is 1. The quantitative estimate of drug-likeness (QED) is 0.377. The second-order valence-electron chi connectivity index (χ2n) is 8.04. The Morgan fingerprint density at radius 2 is 1.94 bits per heavy atom. The molecule has 3 aromatic heterocycles. The highest BCUT2D eigenvalue weighted by Crippen LogP contribution is 2.33. The molecule has 2 aromatic carbocycles. The van der Waals surface area contributed by atoms with Gasteiger partial charge in [0.05, 0.1) is 23.8 Å². The molecule has 0 spiro atoms. The van der Waals surface area contributed by atoms with Crippen LogP contribution in [0.2, 0.25) is 0 Å². The van der Waals surface area contributed by atoms with Crippen LogP contribution in [0.15, 0.2) is 54.7 Å². The van der Waals surface area contributed by atoms with Gasteiger partial charge in [-0.3, -0.25) is 10.1 Å². The number of hydrogen-bond donors (Lipinski definition) is 3. The lowest BCUT2D eigenvalue weighted by Gasteiger charge is -2.14. The first-order valence-electron chi connectivity index (χ1n) is 10.8. The van der Waals surface area contributed by atoms with Crippen molar-refractivity contribution in [3.8, 4) is 28.5 Å². The smallest absolute Gasteiger partial charge is 0.159 e. The van der Waals surface area contributed by atoms with Gasteiger partial charge >= 0.3 is 0 Å². The monoisotopic (exact) mass is 440 g/mol. The van der Waals surface area contributed by atoms with Crippen LogP contribution in [0.1, 0.15) is 12.0 Å². The molecule has 7 nitrogen and oxygen atoms in total. The highest BCUT2D eigenvalue weighted by Gasteiger charge is 2.17. The van der Waals surface area contributed by atoms with Gasteiger partial charge in [-0.25, -0.2) is 9.37 Å². The van der Waals surface area contributed by atoms with Crippen LogP contribution in [0.3, 0.4) is 0 Å². The second kappa shape index (κ2) is 7.83. The Kier molecular flexibility index (Phi) is 4.66. The SMILES string of the molecule is COc1cc(F)cc(-c2nccc3[nH]c(-c4n[nH]c5ccc(C6=CCNCC6)cc45)nc23)c1. The average Bonchev–Trinajstić information content (AvgIpc) is 3.47. The molecular weight excluding hydrogens is 419 g/mol. The molecule has 3 N–H and O–H groups in total. The summed E-state index contributed by atoms with van der Waals surface area (Å²) >= 11 is 0. The molecule has 0 aliphatic carbocycles. The van der Waals surface area contributed by atoms with E-state index >= 15 is 0 Å². The van der Waals surface area contributed by atoms with Crippen LogP contribution in [0, 0.1) is 5.82 Å². The van der Waals surface area contributed by atoms with Crippen molar-refractivity contribution < 1.29 is 9.13 Å². The predicted molar refractivity (Wildman–Crippen MR) is 126 cm³/mol.